The van der Waals surface area contributed by atoms with E-state index in [1.165, 1.54) is 12.1 Å². The normalized spacial score (nSPS) is 18.2. The number of hydroxylamine groups is 1. The first-order valence-corrected chi connectivity index (χ1v) is 8.61. The highest BCUT2D eigenvalue weighted by molar-refractivity contribution is 7.99. The summed E-state index contributed by atoms with van der Waals surface area (Å²) >= 11 is 1.11. The number of rotatable bonds is 6. The Hall–Kier alpha value is -2.01. The van der Waals surface area contributed by atoms with Gasteiger partial charge in [0.2, 0.25) is 0 Å². The number of aliphatic hydroxyl groups is 2. The van der Waals surface area contributed by atoms with Crippen LogP contribution >= 0.6 is 11.8 Å². The van der Waals surface area contributed by atoms with Gasteiger partial charge in [-0.1, -0.05) is 17.8 Å². The van der Waals surface area contributed by atoms with Crippen LogP contribution in [-0.4, -0.2) is 50.0 Å². The lowest BCUT2D eigenvalue weighted by Crippen LogP contribution is -2.23. The predicted octanol–water partition coefficient (Wildman–Crippen LogP) is 1.07. The molecule has 1 aromatic carbocycles. The first-order chi connectivity index (χ1) is 12.1. The maximum absolute atomic E-state index is 13.5. The molecule has 4 N–H and O–H groups in total. The molecule has 3 rings (SSSR count). The Kier molecular flexibility index (Phi) is 5.63. The van der Waals surface area contributed by atoms with Gasteiger partial charge in [0.25, 0.3) is 0 Å². The molecule has 0 amide bonds. The van der Waals surface area contributed by atoms with Crippen LogP contribution in [-0.2, 0) is 6.42 Å². The highest BCUT2D eigenvalue weighted by Gasteiger charge is 2.25. The number of hydrogen-bond acceptors (Lipinski definition) is 8. The zero-order valence-electron chi connectivity index (χ0n) is 13.1. The third-order valence-electron chi connectivity index (χ3n) is 3.85. The summed E-state index contributed by atoms with van der Waals surface area (Å²) in [5.41, 5.74) is 3.96. The number of aliphatic imine (C=N–C) groups is 1. The minimum atomic E-state index is -0.915. The van der Waals surface area contributed by atoms with Crippen molar-refractivity contribution >= 4 is 17.6 Å². The van der Waals surface area contributed by atoms with Gasteiger partial charge in [-0.15, -0.1) is 0 Å². The fraction of sp³-hybridized carbons (Fsp3) is 0.400. The van der Waals surface area contributed by atoms with Crippen molar-refractivity contribution in [3.63, 3.8) is 0 Å². The monoisotopic (exact) mass is 368 g/mol. The molecule has 0 bridgehead atoms. The zero-order valence-corrected chi connectivity index (χ0v) is 13.9. The molecule has 8 nitrogen and oxygen atoms in total. The van der Waals surface area contributed by atoms with Gasteiger partial charge < -0.3 is 10.2 Å². The molecular formula is C15H17FN4O4S. The fourth-order valence-electron chi connectivity index (χ4n) is 2.63. The van der Waals surface area contributed by atoms with E-state index in [-0.39, 0.29) is 35.7 Å². The van der Waals surface area contributed by atoms with E-state index >= 15 is 0 Å². The van der Waals surface area contributed by atoms with Crippen LogP contribution in [0, 0.1) is 5.82 Å². The van der Waals surface area contributed by atoms with Crippen LogP contribution < -0.4 is 5.48 Å². The Morgan fingerprint density at radius 1 is 1.48 bits per heavy atom. The quantitative estimate of drug-likeness (QED) is 0.258. The second-order valence-corrected chi connectivity index (χ2v) is 6.56. The lowest BCUT2D eigenvalue weighted by molar-refractivity contribution is 0.113. The Morgan fingerprint density at radius 3 is 3.08 bits per heavy atom. The maximum atomic E-state index is 13.5. The molecule has 1 aromatic heterocycles. The highest BCUT2D eigenvalue weighted by atomic mass is 32.2. The molecule has 0 saturated carbocycles. The van der Waals surface area contributed by atoms with E-state index in [0.717, 1.165) is 29.3 Å². The van der Waals surface area contributed by atoms with Crippen LogP contribution in [0.1, 0.15) is 29.3 Å². The molecular weight excluding hydrogens is 351 g/mol. The van der Waals surface area contributed by atoms with Gasteiger partial charge in [-0.3, -0.25) is 15.7 Å². The third kappa shape index (κ3) is 3.98. The van der Waals surface area contributed by atoms with E-state index in [1.54, 1.807) is 6.07 Å². The van der Waals surface area contributed by atoms with Crippen LogP contribution in [0.3, 0.4) is 0 Å². The Bertz CT molecular complexity index is 770. The first-order valence-electron chi connectivity index (χ1n) is 7.63. The van der Waals surface area contributed by atoms with Crippen molar-refractivity contribution in [2.75, 3.05) is 12.4 Å². The number of hydrogen-bond donors (Lipinski definition) is 4. The number of amidine groups is 1. The number of nitrogens with one attached hydrogen (secondary N) is 1. The summed E-state index contributed by atoms with van der Waals surface area (Å²) in [4.78, 5) is 4.43. The van der Waals surface area contributed by atoms with Crippen LogP contribution in [0.15, 0.2) is 32.8 Å². The Balaban J connectivity index is 1.84. The molecule has 134 valence electrons. The van der Waals surface area contributed by atoms with Crippen LogP contribution in [0.5, 0.6) is 0 Å². The first kappa shape index (κ1) is 17.8. The number of benzene rings is 1. The highest BCUT2D eigenvalue weighted by Crippen LogP contribution is 2.35. The summed E-state index contributed by atoms with van der Waals surface area (Å²) in [5.74, 6) is -0.116. The molecule has 0 spiro atoms. The van der Waals surface area contributed by atoms with Crippen molar-refractivity contribution in [2.45, 2.75) is 30.0 Å². The average molecular weight is 368 g/mol. The van der Waals surface area contributed by atoms with Gasteiger partial charge in [0.15, 0.2) is 16.6 Å². The average Bonchev–Trinajstić information content (AvgIpc) is 3.24. The van der Waals surface area contributed by atoms with E-state index in [0.29, 0.717) is 11.4 Å². The second kappa shape index (κ2) is 7.91. The van der Waals surface area contributed by atoms with E-state index in [9.17, 15) is 14.7 Å². The number of halogens is 1. The van der Waals surface area contributed by atoms with Gasteiger partial charge in [0.1, 0.15) is 5.82 Å². The molecule has 10 heteroatoms. The third-order valence-corrected chi connectivity index (χ3v) is 4.94. The number of aliphatic hydroxyl groups excluding tert-OH is 2. The molecule has 1 aliphatic rings. The topological polar surface area (TPSA) is 124 Å². The molecule has 25 heavy (non-hydrogen) atoms. The van der Waals surface area contributed by atoms with Crippen LogP contribution in [0.25, 0.3) is 0 Å². The summed E-state index contributed by atoms with van der Waals surface area (Å²) in [7, 11) is 0. The maximum Gasteiger partial charge on any atom is 0.185 e. The summed E-state index contributed by atoms with van der Waals surface area (Å²) in [6, 6.07) is 4.28. The van der Waals surface area contributed by atoms with E-state index in [4.69, 9.17) is 9.74 Å². The summed E-state index contributed by atoms with van der Waals surface area (Å²) in [5, 5.41) is 35.5. The van der Waals surface area contributed by atoms with Crippen molar-refractivity contribution in [1.29, 1.82) is 0 Å². The van der Waals surface area contributed by atoms with Crippen LogP contribution in [0.4, 0.5) is 4.39 Å². The van der Waals surface area contributed by atoms with Gasteiger partial charge in [-0.05, 0) is 46.4 Å². The standard InChI is InChI=1S/C15H17FN4O4S/c16-9-3-1-8-2-4-12(11(8)5-9)17-14(18-23)13-15(20-24-19-13)25-7-10(22)6-21/h1,3,5,10,12,21-23H,2,4,6-7H2,(H,17,18)/t10-,12-/m1/s1. The number of fused-ring (bicyclic) bond motifs is 1. The molecule has 2 aromatic rings. The smallest absolute Gasteiger partial charge is 0.185 e. The largest absolute Gasteiger partial charge is 0.394 e. The molecule has 2 atom stereocenters. The number of aromatic nitrogens is 2. The second-order valence-electron chi connectivity index (χ2n) is 5.55. The molecule has 0 unspecified atom stereocenters. The van der Waals surface area contributed by atoms with Crippen molar-refractivity contribution in [3.05, 3.63) is 40.8 Å². The van der Waals surface area contributed by atoms with E-state index in [1.807, 2.05) is 5.48 Å². The van der Waals surface area contributed by atoms with Crippen molar-refractivity contribution < 1.29 is 24.4 Å². The van der Waals surface area contributed by atoms with E-state index < -0.39 is 6.10 Å². The van der Waals surface area contributed by atoms with Crippen molar-refractivity contribution in [2.24, 2.45) is 4.99 Å². The van der Waals surface area contributed by atoms with Gasteiger partial charge in [-0.2, -0.15) is 0 Å². The van der Waals surface area contributed by atoms with Crippen molar-refractivity contribution in [3.8, 4) is 0 Å². The molecule has 0 radical (unpaired) electrons. The zero-order chi connectivity index (χ0) is 17.8. The fourth-order valence-corrected chi connectivity index (χ4v) is 3.44. The summed E-state index contributed by atoms with van der Waals surface area (Å²) in [6.07, 6.45) is 0.534. The van der Waals surface area contributed by atoms with Gasteiger partial charge in [-0.25, -0.2) is 9.02 Å². The molecule has 0 aliphatic heterocycles. The number of nitrogens with zero attached hydrogens (tertiary/aromatic N) is 3. The minimum Gasteiger partial charge on any atom is -0.394 e. The van der Waals surface area contributed by atoms with Gasteiger partial charge in [0.05, 0.1) is 18.8 Å². The number of aryl methyl sites for hydroxylation is 1. The molecule has 0 fully saturated rings. The summed E-state index contributed by atoms with van der Waals surface area (Å²) in [6.45, 7) is -0.378. The van der Waals surface area contributed by atoms with Crippen molar-refractivity contribution in [1.82, 2.24) is 15.8 Å². The van der Waals surface area contributed by atoms with Gasteiger partial charge >= 0.3 is 0 Å². The Labute approximate surface area is 146 Å². The van der Waals surface area contributed by atoms with Gasteiger partial charge in [0, 0.05) is 5.75 Å². The number of thioether (sulfide) groups is 1. The summed E-state index contributed by atoms with van der Waals surface area (Å²) < 4.78 is 18.2. The minimum absolute atomic E-state index is 0.0457. The SMILES string of the molecule is OC[C@@H](O)CSc1nonc1C(=N[C@@H]1CCc2ccc(F)cc21)NO. The molecule has 1 heterocycles. The van der Waals surface area contributed by atoms with E-state index in [2.05, 4.69) is 15.3 Å². The van der Waals surface area contributed by atoms with Crippen LogP contribution in [0.2, 0.25) is 0 Å². The Morgan fingerprint density at radius 2 is 2.32 bits per heavy atom. The molecule has 0 saturated heterocycles. The lowest BCUT2D eigenvalue weighted by atomic mass is 10.1. The lowest BCUT2D eigenvalue weighted by Gasteiger charge is -2.10. The predicted molar refractivity (Wildman–Crippen MR) is 87.0 cm³/mol. The molecule has 1 aliphatic carbocycles.